The van der Waals surface area contributed by atoms with Crippen LogP contribution in [0.25, 0.3) is 0 Å². The largest absolute Gasteiger partial charge is 0.370 e. The Balaban J connectivity index is 2.55. The Hall–Kier alpha value is -0.730. The third-order valence-corrected chi connectivity index (χ3v) is 3.19. The van der Waals surface area contributed by atoms with Crippen LogP contribution in [0, 0.1) is 11.8 Å². The summed E-state index contributed by atoms with van der Waals surface area (Å²) < 4.78 is 0. The van der Waals surface area contributed by atoms with E-state index >= 15 is 0 Å². The van der Waals surface area contributed by atoms with E-state index in [2.05, 4.69) is 44.9 Å². The Labute approximate surface area is 99.9 Å². The van der Waals surface area contributed by atoms with E-state index in [-0.39, 0.29) is 5.54 Å². The highest BCUT2D eigenvalue weighted by atomic mass is 15.1. The van der Waals surface area contributed by atoms with Crippen LogP contribution in [-0.4, -0.2) is 17.5 Å². The second kappa shape index (κ2) is 5.07. The molecule has 94 valence electrons. The van der Waals surface area contributed by atoms with Crippen LogP contribution in [0.15, 0.2) is 4.99 Å². The lowest BCUT2D eigenvalue weighted by atomic mass is 9.80. The molecule has 3 atom stereocenters. The average molecular weight is 225 g/mol. The second-order valence-electron chi connectivity index (χ2n) is 6.35. The van der Waals surface area contributed by atoms with E-state index in [9.17, 15) is 0 Å². The summed E-state index contributed by atoms with van der Waals surface area (Å²) in [7, 11) is 0. The molecule has 0 aromatic carbocycles. The summed E-state index contributed by atoms with van der Waals surface area (Å²) in [6.07, 6.45) is 3.73. The number of rotatable bonds is 1. The fourth-order valence-corrected chi connectivity index (χ4v) is 2.44. The highest BCUT2D eigenvalue weighted by molar-refractivity contribution is 5.78. The SMILES string of the molecule is CC1CCC(N=C(N)NC(C)(C)C)C(C)C1. The molecule has 0 bridgehead atoms. The number of hydrogen-bond donors (Lipinski definition) is 2. The maximum atomic E-state index is 5.93. The van der Waals surface area contributed by atoms with Crippen molar-refractivity contribution >= 4 is 5.96 Å². The maximum absolute atomic E-state index is 5.93. The topological polar surface area (TPSA) is 50.4 Å². The minimum atomic E-state index is -0.00121. The van der Waals surface area contributed by atoms with E-state index in [4.69, 9.17) is 5.73 Å². The van der Waals surface area contributed by atoms with Crippen molar-refractivity contribution in [2.75, 3.05) is 0 Å². The van der Waals surface area contributed by atoms with Gasteiger partial charge in [0.05, 0.1) is 6.04 Å². The zero-order valence-corrected chi connectivity index (χ0v) is 11.4. The number of guanidine groups is 1. The zero-order valence-electron chi connectivity index (χ0n) is 11.4. The van der Waals surface area contributed by atoms with Gasteiger partial charge in [0.25, 0.3) is 0 Å². The molecule has 0 heterocycles. The standard InChI is InChI=1S/C13H27N3/c1-9-6-7-11(10(2)8-9)15-12(14)16-13(3,4)5/h9-11H,6-8H2,1-5H3,(H3,14,15,16). The van der Waals surface area contributed by atoms with Gasteiger partial charge in [-0.15, -0.1) is 0 Å². The first-order valence-corrected chi connectivity index (χ1v) is 6.39. The van der Waals surface area contributed by atoms with Crippen molar-refractivity contribution in [1.82, 2.24) is 5.32 Å². The molecule has 3 heteroatoms. The van der Waals surface area contributed by atoms with Crippen molar-refractivity contribution in [3.05, 3.63) is 0 Å². The van der Waals surface area contributed by atoms with Gasteiger partial charge in [-0.1, -0.05) is 13.8 Å². The summed E-state index contributed by atoms with van der Waals surface area (Å²) in [4.78, 5) is 4.62. The second-order valence-corrected chi connectivity index (χ2v) is 6.35. The van der Waals surface area contributed by atoms with Gasteiger partial charge >= 0.3 is 0 Å². The lowest BCUT2D eigenvalue weighted by Gasteiger charge is -2.31. The molecule has 0 radical (unpaired) electrons. The van der Waals surface area contributed by atoms with Gasteiger partial charge < -0.3 is 11.1 Å². The monoisotopic (exact) mass is 225 g/mol. The van der Waals surface area contributed by atoms with Gasteiger partial charge in [0, 0.05) is 5.54 Å². The highest BCUT2D eigenvalue weighted by Gasteiger charge is 2.25. The predicted octanol–water partition coefficient (Wildman–Crippen LogP) is 2.51. The summed E-state index contributed by atoms with van der Waals surface area (Å²) in [5.41, 5.74) is 5.93. The first-order chi connectivity index (χ1) is 7.28. The summed E-state index contributed by atoms with van der Waals surface area (Å²) in [5, 5.41) is 3.23. The maximum Gasteiger partial charge on any atom is 0.189 e. The van der Waals surface area contributed by atoms with E-state index in [1.165, 1.54) is 19.3 Å². The molecular weight excluding hydrogens is 198 g/mol. The fourth-order valence-electron chi connectivity index (χ4n) is 2.44. The smallest absolute Gasteiger partial charge is 0.189 e. The van der Waals surface area contributed by atoms with Crippen LogP contribution in [0.3, 0.4) is 0 Å². The molecular formula is C13H27N3. The Morgan fingerprint density at radius 2 is 1.88 bits per heavy atom. The number of hydrogen-bond acceptors (Lipinski definition) is 1. The summed E-state index contributed by atoms with van der Waals surface area (Å²) in [5.74, 6) is 2.10. The molecule has 1 saturated carbocycles. The van der Waals surface area contributed by atoms with Crippen molar-refractivity contribution in [1.29, 1.82) is 0 Å². The Bertz CT molecular complexity index is 252. The highest BCUT2D eigenvalue weighted by Crippen LogP contribution is 2.30. The van der Waals surface area contributed by atoms with Crippen LogP contribution in [-0.2, 0) is 0 Å². The quantitative estimate of drug-likeness (QED) is 0.532. The minimum Gasteiger partial charge on any atom is -0.370 e. The van der Waals surface area contributed by atoms with Gasteiger partial charge in [0.2, 0.25) is 0 Å². The Kier molecular flexibility index (Phi) is 4.22. The lowest BCUT2D eigenvalue weighted by Crippen LogP contribution is -2.46. The van der Waals surface area contributed by atoms with Crippen LogP contribution < -0.4 is 11.1 Å². The van der Waals surface area contributed by atoms with Crippen molar-refractivity contribution < 1.29 is 0 Å². The molecule has 0 spiro atoms. The molecule has 3 N–H and O–H groups in total. The predicted molar refractivity (Wildman–Crippen MR) is 70.5 cm³/mol. The van der Waals surface area contributed by atoms with Gasteiger partial charge in [-0.05, 0) is 51.9 Å². The van der Waals surface area contributed by atoms with Gasteiger partial charge in [0.15, 0.2) is 5.96 Å². The van der Waals surface area contributed by atoms with E-state index in [0.29, 0.717) is 17.9 Å². The van der Waals surface area contributed by atoms with Crippen molar-refractivity contribution in [2.24, 2.45) is 22.6 Å². The van der Waals surface area contributed by atoms with Crippen LogP contribution in [0.4, 0.5) is 0 Å². The molecule has 1 aliphatic rings. The summed E-state index contributed by atoms with van der Waals surface area (Å²) in [6, 6.07) is 0.408. The van der Waals surface area contributed by atoms with E-state index in [1.54, 1.807) is 0 Å². The normalized spacial score (nSPS) is 32.6. The van der Waals surface area contributed by atoms with E-state index < -0.39 is 0 Å². The summed E-state index contributed by atoms with van der Waals surface area (Å²) >= 11 is 0. The molecule has 16 heavy (non-hydrogen) atoms. The van der Waals surface area contributed by atoms with Gasteiger partial charge in [-0.3, -0.25) is 0 Å². The molecule has 0 aromatic heterocycles. The molecule has 0 saturated heterocycles. The summed E-state index contributed by atoms with van der Waals surface area (Å²) in [6.45, 7) is 10.9. The molecule has 1 aliphatic carbocycles. The van der Waals surface area contributed by atoms with Gasteiger partial charge in [-0.2, -0.15) is 0 Å². The number of nitrogens with two attached hydrogens (primary N) is 1. The number of nitrogens with zero attached hydrogens (tertiary/aromatic N) is 1. The number of aliphatic imine (C=N–C) groups is 1. The van der Waals surface area contributed by atoms with Crippen LogP contribution in [0.2, 0.25) is 0 Å². The van der Waals surface area contributed by atoms with E-state index in [0.717, 1.165) is 5.92 Å². The van der Waals surface area contributed by atoms with Crippen molar-refractivity contribution in [3.8, 4) is 0 Å². The molecule has 0 amide bonds. The molecule has 0 aromatic rings. The lowest BCUT2D eigenvalue weighted by molar-refractivity contribution is 0.263. The third-order valence-electron chi connectivity index (χ3n) is 3.19. The fraction of sp³-hybridized carbons (Fsp3) is 0.923. The van der Waals surface area contributed by atoms with Gasteiger partial charge in [0.1, 0.15) is 0 Å². The van der Waals surface area contributed by atoms with E-state index in [1.807, 2.05) is 0 Å². The van der Waals surface area contributed by atoms with Crippen LogP contribution in [0.1, 0.15) is 53.9 Å². The average Bonchev–Trinajstić information content (AvgIpc) is 2.06. The molecule has 0 aliphatic heterocycles. The van der Waals surface area contributed by atoms with Crippen LogP contribution in [0.5, 0.6) is 0 Å². The van der Waals surface area contributed by atoms with Crippen LogP contribution >= 0.6 is 0 Å². The first kappa shape index (κ1) is 13.3. The van der Waals surface area contributed by atoms with Gasteiger partial charge in [-0.25, -0.2) is 4.99 Å². The Morgan fingerprint density at radius 3 is 2.38 bits per heavy atom. The van der Waals surface area contributed by atoms with Crippen molar-refractivity contribution in [3.63, 3.8) is 0 Å². The van der Waals surface area contributed by atoms with Crippen molar-refractivity contribution in [2.45, 2.75) is 65.5 Å². The molecule has 1 fully saturated rings. The molecule has 1 rings (SSSR count). The minimum absolute atomic E-state index is 0.00121. The first-order valence-electron chi connectivity index (χ1n) is 6.39. The third kappa shape index (κ3) is 4.42. The molecule has 3 nitrogen and oxygen atoms in total. The zero-order chi connectivity index (χ0) is 12.3. The Morgan fingerprint density at radius 1 is 1.25 bits per heavy atom. The molecule has 3 unspecified atom stereocenters. The number of nitrogens with one attached hydrogen (secondary N) is 1.